The van der Waals surface area contributed by atoms with Crippen LogP contribution in [-0.2, 0) is 16.0 Å². The van der Waals surface area contributed by atoms with Crippen LogP contribution in [0.2, 0.25) is 0 Å². The zero-order valence-corrected chi connectivity index (χ0v) is 13.7. The maximum atomic E-state index is 5.73. The summed E-state index contributed by atoms with van der Waals surface area (Å²) in [6, 6.07) is 2.14. The second-order valence-electron chi connectivity index (χ2n) is 5.09. The molecule has 21 heavy (non-hydrogen) atoms. The van der Waals surface area contributed by atoms with Crippen LogP contribution in [0.4, 0.5) is 0 Å². The standard InChI is InChI=1S/C15H25N3O2S/c1-12-5-9-21-14(12)10-18-15(16-2)17-6-3-7-20-13-4-8-19-11-13/h5,9,13H,3-4,6-8,10-11H2,1-2H3,(H2,16,17,18). The normalized spacial score (nSPS) is 19.0. The third kappa shape index (κ3) is 5.65. The molecular formula is C15H25N3O2S. The summed E-state index contributed by atoms with van der Waals surface area (Å²) in [6.07, 6.45) is 2.29. The number of aliphatic imine (C=N–C) groups is 1. The van der Waals surface area contributed by atoms with Crippen molar-refractivity contribution in [3.8, 4) is 0 Å². The zero-order chi connectivity index (χ0) is 14.9. The second-order valence-corrected chi connectivity index (χ2v) is 6.09. The van der Waals surface area contributed by atoms with E-state index in [0.29, 0.717) is 6.10 Å². The molecule has 0 bridgehead atoms. The highest BCUT2D eigenvalue weighted by Crippen LogP contribution is 2.14. The first kappa shape index (κ1) is 16.3. The molecule has 5 nitrogen and oxygen atoms in total. The molecule has 2 rings (SSSR count). The third-order valence-corrected chi connectivity index (χ3v) is 4.49. The molecular weight excluding hydrogens is 286 g/mol. The Kier molecular flexibility index (Phi) is 6.99. The molecule has 118 valence electrons. The molecule has 0 spiro atoms. The quantitative estimate of drug-likeness (QED) is 0.459. The molecule has 0 amide bonds. The molecule has 1 aliphatic heterocycles. The van der Waals surface area contributed by atoms with Crippen molar-refractivity contribution in [2.75, 3.05) is 33.4 Å². The van der Waals surface area contributed by atoms with E-state index in [1.54, 1.807) is 18.4 Å². The number of rotatable bonds is 7. The van der Waals surface area contributed by atoms with Crippen LogP contribution in [0.25, 0.3) is 0 Å². The molecule has 0 radical (unpaired) electrons. The van der Waals surface area contributed by atoms with Gasteiger partial charge in [0.15, 0.2) is 5.96 Å². The topological polar surface area (TPSA) is 54.9 Å². The first-order valence-corrected chi connectivity index (χ1v) is 8.34. The van der Waals surface area contributed by atoms with E-state index in [0.717, 1.165) is 51.7 Å². The number of aryl methyl sites for hydroxylation is 1. The third-order valence-electron chi connectivity index (χ3n) is 3.46. The van der Waals surface area contributed by atoms with Crippen molar-refractivity contribution >= 4 is 17.3 Å². The Hall–Kier alpha value is -1.11. The van der Waals surface area contributed by atoms with Gasteiger partial charge >= 0.3 is 0 Å². The van der Waals surface area contributed by atoms with Crippen LogP contribution in [0.15, 0.2) is 16.4 Å². The van der Waals surface area contributed by atoms with Crippen LogP contribution in [0, 0.1) is 6.92 Å². The SMILES string of the molecule is CN=C(NCCCOC1CCOC1)NCc1sccc1C. The average molecular weight is 311 g/mol. The number of hydrogen-bond donors (Lipinski definition) is 2. The van der Waals surface area contributed by atoms with Crippen molar-refractivity contribution in [2.45, 2.75) is 32.4 Å². The lowest BCUT2D eigenvalue weighted by molar-refractivity contribution is 0.0420. The predicted octanol–water partition coefficient (Wildman–Crippen LogP) is 1.92. The van der Waals surface area contributed by atoms with Gasteiger partial charge in [-0.15, -0.1) is 11.3 Å². The van der Waals surface area contributed by atoms with Crippen molar-refractivity contribution in [1.82, 2.24) is 10.6 Å². The molecule has 0 aromatic carbocycles. The predicted molar refractivity (Wildman–Crippen MR) is 87.1 cm³/mol. The van der Waals surface area contributed by atoms with Crippen LogP contribution >= 0.6 is 11.3 Å². The number of hydrogen-bond acceptors (Lipinski definition) is 4. The summed E-state index contributed by atoms with van der Waals surface area (Å²) in [5.41, 5.74) is 1.33. The Balaban J connectivity index is 1.56. The van der Waals surface area contributed by atoms with Crippen LogP contribution in [0.5, 0.6) is 0 Å². The summed E-state index contributed by atoms with van der Waals surface area (Å²) < 4.78 is 11.0. The van der Waals surface area contributed by atoms with Gasteiger partial charge in [-0.05, 0) is 36.8 Å². The highest BCUT2D eigenvalue weighted by atomic mass is 32.1. The maximum Gasteiger partial charge on any atom is 0.191 e. The van der Waals surface area contributed by atoms with E-state index in [1.165, 1.54) is 10.4 Å². The Morgan fingerprint density at radius 3 is 3.10 bits per heavy atom. The molecule has 1 saturated heterocycles. The number of thiophene rings is 1. The monoisotopic (exact) mass is 311 g/mol. The number of nitrogens with one attached hydrogen (secondary N) is 2. The van der Waals surface area contributed by atoms with Crippen molar-refractivity contribution in [3.05, 3.63) is 21.9 Å². The van der Waals surface area contributed by atoms with Gasteiger partial charge in [-0.2, -0.15) is 0 Å². The lowest BCUT2D eigenvalue weighted by Gasteiger charge is -2.13. The first-order chi connectivity index (χ1) is 10.3. The highest BCUT2D eigenvalue weighted by molar-refractivity contribution is 7.10. The lowest BCUT2D eigenvalue weighted by Crippen LogP contribution is -2.37. The first-order valence-electron chi connectivity index (χ1n) is 7.46. The van der Waals surface area contributed by atoms with Gasteiger partial charge in [0.1, 0.15) is 0 Å². The van der Waals surface area contributed by atoms with Crippen LogP contribution in [0.1, 0.15) is 23.3 Å². The summed E-state index contributed by atoms with van der Waals surface area (Å²) in [5, 5.41) is 8.76. The second kappa shape index (κ2) is 9.02. The fraction of sp³-hybridized carbons (Fsp3) is 0.667. The largest absolute Gasteiger partial charge is 0.379 e. The fourth-order valence-electron chi connectivity index (χ4n) is 2.14. The number of guanidine groups is 1. The zero-order valence-electron chi connectivity index (χ0n) is 12.9. The smallest absolute Gasteiger partial charge is 0.191 e. The molecule has 1 aliphatic rings. The Morgan fingerprint density at radius 2 is 2.43 bits per heavy atom. The van der Waals surface area contributed by atoms with E-state index in [-0.39, 0.29) is 0 Å². The fourth-order valence-corrected chi connectivity index (χ4v) is 2.99. The Bertz CT molecular complexity index is 442. The summed E-state index contributed by atoms with van der Waals surface area (Å²) in [4.78, 5) is 5.58. The van der Waals surface area contributed by atoms with Crippen molar-refractivity contribution in [2.24, 2.45) is 4.99 Å². The van der Waals surface area contributed by atoms with Crippen molar-refractivity contribution < 1.29 is 9.47 Å². The van der Waals surface area contributed by atoms with Gasteiger partial charge in [-0.1, -0.05) is 0 Å². The minimum atomic E-state index is 0.296. The Morgan fingerprint density at radius 1 is 1.52 bits per heavy atom. The summed E-state index contributed by atoms with van der Waals surface area (Å²) >= 11 is 1.77. The van der Waals surface area contributed by atoms with Crippen LogP contribution in [0.3, 0.4) is 0 Å². The van der Waals surface area contributed by atoms with Crippen molar-refractivity contribution in [3.63, 3.8) is 0 Å². The van der Waals surface area contributed by atoms with E-state index in [9.17, 15) is 0 Å². The van der Waals surface area contributed by atoms with Crippen LogP contribution < -0.4 is 10.6 Å². The van der Waals surface area contributed by atoms with E-state index >= 15 is 0 Å². The molecule has 1 aromatic rings. The lowest BCUT2D eigenvalue weighted by atomic mass is 10.3. The molecule has 0 saturated carbocycles. The maximum absolute atomic E-state index is 5.73. The number of ether oxygens (including phenoxy) is 2. The number of nitrogens with zero attached hydrogens (tertiary/aromatic N) is 1. The van der Waals surface area contributed by atoms with Gasteiger partial charge in [-0.3, -0.25) is 4.99 Å². The van der Waals surface area contributed by atoms with E-state index in [1.807, 2.05) is 0 Å². The Labute approximate surface area is 130 Å². The van der Waals surface area contributed by atoms with Crippen LogP contribution in [-0.4, -0.2) is 45.5 Å². The van der Waals surface area contributed by atoms with Crippen molar-refractivity contribution in [1.29, 1.82) is 0 Å². The molecule has 2 N–H and O–H groups in total. The van der Waals surface area contributed by atoms with Gasteiger partial charge in [0.05, 0.1) is 19.3 Å². The van der Waals surface area contributed by atoms with E-state index in [2.05, 4.69) is 34.0 Å². The summed E-state index contributed by atoms with van der Waals surface area (Å²) in [6.45, 7) is 6.16. The summed E-state index contributed by atoms with van der Waals surface area (Å²) in [7, 11) is 1.79. The van der Waals surface area contributed by atoms with Gasteiger partial charge < -0.3 is 20.1 Å². The minimum absolute atomic E-state index is 0.296. The van der Waals surface area contributed by atoms with Gasteiger partial charge in [0.25, 0.3) is 0 Å². The molecule has 1 aromatic heterocycles. The molecule has 0 aliphatic carbocycles. The van der Waals surface area contributed by atoms with Gasteiger partial charge in [0.2, 0.25) is 0 Å². The van der Waals surface area contributed by atoms with E-state index in [4.69, 9.17) is 9.47 Å². The molecule has 1 fully saturated rings. The molecule has 1 unspecified atom stereocenters. The average Bonchev–Trinajstić information content (AvgIpc) is 3.14. The minimum Gasteiger partial charge on any atom is -0.379 e. The molecule has 2 heterocycles. The molecule has 6 heteroatoms. The highest BCUT2D eigenvalue weighted by Gasteiger charge is 2.15. The molecule has 1 atom stereocenters. The van der Waals surface area contributed by atoms with E-state index < -0.39 is 0 Å². The van der Waals surface area contributed by atoms with Gasteiger partial charge in [0, 0.05) is 31.7 Å². The summed E-state index contributed by atoms with van der Waals surface area (Å²) in [5.74, 6) is 0.840. The van der Waals surface area contributed by atoms with Gasteiger partial charge in [-0.25, -0.2) is 0 Å².